The Morgan fingerprint density at radius 3 is 3.06 bits per heavy atom. The number of morpholine rings is 1. The molecular weight excluding hydrogens is 257 g/mol. The summed E-state index contributed by atoms with van der Waals surface area (Å²) < 4.78 is 19.0. The Balaban J connectivity index is 2.24. The van der Waals surface area contributed by atoms with Crippen LogP contribution in [0.5, 0.6) is 0 Å². The molecule has 0 amide bonds. The van der Waals surface area contributed by atoms with Gasteiger partial charge in [0.05, 0.1) is 18.8 Å². The van der Waals surface area contributed by atoms with E-state index in [4.69, 9.17) is 22.2 Å². The molecule has 1 heterocycles. The van der Waals surface area contributed by atoms with Crippen LogP contribution >= 0.6 is 11.6 Å². The number of nitrogens with two attached hydrogens (primary N) is 1. The van der Waals surface area contributed by atoms with Crippen LogP contribution in [0.3, 0.4) is 0 Å². The largest absolute Gasteiger partial charge is 0.374 e. The fourth-order valence-corrected chi connectivity index (χ4v) is 2.40. The van der Waals surface area contributed by atoms with Crippen molar-refractivity contribution in [2.24, 2.45) is 5.84 Å². The minimum Gasteiger partial charge on any atom is -0.374 e. The lowest BCUT2D eigenvalue weighted by atomic mass is 10.0. The molecule has 100 valence electrons. The van der Waals surface area contributed by atoms with E-state index < -0.39 is 0 Å². The first-order chi connectivity index (χ1) is 8.61. The van der Waals surface area contributed by atoms with Gasteiger partial charge in [-0.05, 0) is 30.8 Å². The number of likely N-dealkylation sites (N-methyl/N-ethyl adjacent to an activating group) is 1. The second-order valence-electron chi connectivity index (χ2n) is 4.48. The molecule has 1 aliphatic rings. The van der Waals surface area contributed by atoms with Gasteiger partial charge in [-0.2, -0.15) is 0 Å². The van der Waals surface area contributed by atoms with Crippen LogP contribution in [0, 0.1) is 5.82 Å². The van der Waals surface area contributed by atoms with Gasteiger partial charge >= 0.3 is 0 Å². The molecule has 0 spiro atoms. The number of halogens is 2. The zero-order valence-electron chi connectivity index (χ0n) is 10.2. The number of benzene rings is 1. The number of rotatable bonds is 3. The molecule has 1 saturated heterocycles. The van der Waals surface area contributed by atoms with Gasteiger partial charge in [-0.1, -0.05) is 11.6 Å². The van der Waals surface area contributed by atoms with E-state index in [0.29, 0.717) is 17.2 Å². The van der Waals surface area contributed by atoms with Crippen molar-refractivity contribution >= 4 is 11.6 Å². The molecule has 1 fully saturated rings. The predicted molar refractivity (Wildman–Crippen MR) is 68.7 cm³/mol. The van der Waals surface area contributed by atoms with Gasteiger partial charge < -0.3 is 9.64 Å². The van der Waals surface area contributed by atoms with E-state index in [1.807, 2.05) is 7.05 Å². The molecule has 1 aliphatic heterocycles. The predicted octanol–water partition coefficient (Wildman–Crippen LogP) is 1.31. The van der Waals surface area contributed by atoms with E-state index in [0.717, 1.165) is 13.1 Å². The van der Waals surface area contributed by atoms with Crippen LogP contribution in [0.15, 0.2) is 18.2 Å². The van der Waals surface area contributed by atoms with E-state index >= 15 is 0 Å². The Morgan fingerprint density at radius 1 is 1.61 bits per heavy atom. The van der Waals surface area contributed by atoms with Crippen molar-refractivity contribution in [2.75, 3.05) is 26.7 Å². The van der Waals surface area contributed by atoms with Gasteiger partial charge in [0, 0.05) is 18.1 Å². The lowest BCUT2D eigenvalue weighted by molar-refractivity contribution is -0.0393. The second kappa shape index (κ2) is 5.95. The summed E-state index contributed by atoms with van der Waals surface area (Å²) in [6.07, 6.45) is -0.145. The first-order valence-electron chi connectivity index (χ1n) is 5.83. The van der Waals surface area contributed by atoms with E-state index in [1.165, 1.54) is 18.2 Å². The van der Waals surface area contributed by atoms with Crippen molar-refractivity contribution in [2.45, 2.75) is 12.1 Å². The molecule has 2 atom stereocenters. The number of hydrazine groups is 1. The van der Waals surface area contributed by atoms with Gasteiger partial charge in [-0.15, -0.1) is 0 Å². The number of ether oxygens (including phenoxy) is 1. The van der Waals surface area contributed by atoms with Gasteiger partial charge in [0.25, 0.3) is 0 Å². The lowest BCUT2D eigenvalue weighted by Crippen LogP contribution is -2.48. The maximum Gasteiger partial charge on any atom is 0.123 e. The highest BCUT2D eigenvalue weighted by atomic mass is 35.5. The van der Waals surface area contributed by atoms with E-state index in [2.05, 4.69) is 10.3 Å². The van der Waals surface area contributed by atoms with Crippen molar-refractivity contribution in [3.05, 3.63) is 34.6 Å². The summed E-state index contributed by atoms with van der Waals surface area (Å²) in [6.45, 7) is 2.23. The van der Waals surface area contributed by atoms with Crippen molar-refractivity contribution in [3.8, 4) is 0 Å². The Bertz CT molecular complexity index is 418. The zero-order valence-corrected chi connectivity index (χ0v) is 11.0. The Kier molecular flexibility index (Phi) is 4.53. The molecule has 18 heavy (non-hydrogen) atoms. The van der Waals surface area contributed by atoms with Crippen LogP contribution in [0.25, 0.3) is 0 Å². The summed E-state index contributed by atoms with van der Waals surface area (Å²) >= 11 is 6.09. The third kappa shape index (κ3) is 2.99. The highest BCUT2D eigenvalue weighted by Gasteiger charge is 2.28. The minimum atomic E-state index is -0.334. The Morgan fingerprint density at radius 2 is 2.39 bits per heavy atom. The van der Waals surface area contributed by atoms with Crippen LogP contribution in [0.4, 0.5) is 4.39 Å². The highest BCUT2D eigenvalue weighted by Crippen LogP contribution is 2.28. The summed E-state index contributed by atoms with van der Waals surface area (Å²) in [5.74, 6) is 5.24. The molecule has 1 aromatic rings. The molecule has 2 unspecified atom stereocenters. The molecule has 2 rings (SSSR count). The normalized spacial score (nSPS) is 23.0. The Labute approximate surface area is 111 Å². The highest BCUT2D eigenvalue weighted by molar-refractivity contribution is 6.31. The van der Waals surface area contributed by atoms with Crippen LogP contribution in [-0.4, -0.2) is 37.7 Å². The number of nitrogens with zero attached hydrogens (tertiary/aromatic N) is 1. The van der Waals surface area contributed by atoms with Crippen LogP contribution in [0.2, 0.25) is 5.02 Å². The minimum absolute atomic E-state index is 0.145. The summed E-state index contributed by atoms with van der Waals surface area (Å²) in [6, 6.07) is 3.93. The lowest BCUT2D eigenvalue weighted by Gasteiger charge is -2.35. The quantitative estimate of drug-likeness (QED) is 0.644. The molecule has 0 bridgehead atoms. The third-order valence-electron chi connectivity index (χ3n) is 3.14. The molecule has 4 nitrogen and oxygen atoms in total. The molecule has 0 saturated carbocycles. The topological polar surface area (TPSA) is 50.5 Å². The average molecular weight is 274 g/mol. The number of hydrogen-bond acceptors (Lipinski definition) is 4. The first-order valence-corrected chi connectivity index (χ1v) is 6.21. The van der Waals surface area contributed by atoms with Crippen LogP contribution in [-0.2, 0) is 4.74 Å². The van der Waals surface area contributed by atoms with Gasteiger partial charge in [-0.3, -0.25) is 11.3 Å². The molecule has 0 radical (unpaired) electrons. The summed E-state index contributed by atoms with van der Waals surface area (Å²) in [5.41, 5.74) is 3.30. The number of hydrogen-bond donors (Lipinski definition) is 2. The molecule has 0 aliphatic carbocycles. The smallest absolute Gasteiger partial charge is 0.123 e. The average Bonchev–Trinajstić information content (AvgIpc) is 2.35. The summed E-state index contributed by atoms with van der Waals surface area (Å²) in [7, 11) is 2.01. The van der Waals surface area contributed by atoms with Crippen molar-refractivity contribution in [1.29, 1.82) is 0 Å². The van der Waals surface area contributed by atoms with E-state index in [-0.39, 0.29) is 18.0 Å². The van der Waals surface area contributed by atoms with Gasteiger partial charge in [0.15, 0.2) is 0 Å². The Hall–Kier alpha value is -0.720. The van der Waals surface area contributed by atoms with E-state index in [1.54, 1.807) is 0 Å². The van der Waals surface area contributed by atoms with E-state index in [9.17, 15) is 4.39 Å². The fourth-order valence-electron chi connectivity index (χ4n) is 2.16. The molecule has 1 aromatic carbocycles. The zero-order chi connectivity index (χ0) is 13.1. The fraction of sp³-hybridized carbons (Fsp3) is 0.500. The van der Waals surface area contributed by atoms with Crippen molar-refractivity contribution in [1.82, 2.24) is 10.3 Å². The maximum absolute atomic E-state index is 13.3. The third-order valence-corrected chi connectivity index (χ3v) is 3.49. The van der Waals surface area contributed by atoms with Crippen molar-refractivity contribution < 1.29 is 9.13 Å². The molecule has 0 aromatic heterocycles. The van der Waals surface area contributed by atoms with Gasteiger partial charge in [-0.25, -0.2) is 4.39 Å². The van der Waals surface area contributed by atoms with Crippen LogP contribution in [0.1, 0.15) is 11.6 Å². The monoisotopic (exact) mass is 273 g/mol. The summed E-state index contributed by atoms with van der Waals surface area (Å²) in [4.78, 5) is 2.14. The molecule has 3 N–H and O–H groups in total. The van der Waals surface area contributed by atoms with Gasteiger partial charge in [0.1, 0.15) is 5.82 Å². The molecular formula is C12H17ClFN3O. The standard InChI is InChI=1S/C12H17ClFN3O/c1-17-4-5-18-11(7-17)12(16-15)9-6-8(14)2-3-10(9)13/h2-3,6,11-12,16H,4-5,7,15H2,1H3. The summed E-state index contributed by atoms with van der Waals surface area (Å²) in [5, 5.41) is 0.483. The second-order valence-corrected chi connectivity index (χ2v) is 4.89. The number of nitrogens with one attached hydrogen (secondary N) is 1. The van der Waals surface area contributed by atoms with Gasteiger partial charge in [0.2, 0.25) is 0 Å². The SMILES string of the molecule is CN1CCOC(C(NN)c2cc(F)ccc2Cl)C1. The van der Waals surface area contributed by atoms with Crippen LogP contribution < -0.4 is 11.3 Å². The maximum atomic E-state index is 13.3. The molecule has 6 heteroatoms. The first kappa shape index (κ1) is 13.7. The van der Waals surface area contributed by atoms with Crippen molar-refractivity contribution in [3.63, 3.8) is 0 Å².